The van der Waals surface area contributed by atoms with Crippen LogP contribution in [0.2, 0.25) is 0 Å². The Labute approximate surface area is 115 Å². The first-order valence-electron chi connectivity index (χ1n) is 7.30. The van der Waals surface area contributed by atoms with Gasteiger partial charge in [-0.25, -0.2) is 9.97 Å². The van der Waals surface area contributed by atoms with Crippen molar-refractivity contribution < 1.29 is 0 Å². The van der Waals surface area contributed by atoms with E-state index in [1.807, 2.05) is 13.8 Å². The van der Waals surface area contributed by atoms with Crippen LogP contribution in [0, 0.1) is 6.92 Å². The van der Waals surface area contributed by atoms with Crippen molar-refractivity contribution in [3.05, 3.63) is 11.4 Å². The predicted octanol–water partition coefficient (Wildman–Crippen LogP) is 1.83. The lowest BCUT2D eigenvalue weighted by Crippen LogP contribution is -2.22. The summed E-state index contributed by atoms with van der Waals surface area (Å²) in [5, 5.41) is 3.39. The maximum Gasteiger partial charge on any atom is 0.134 e. The second-order valence-corrected chi connectivity index (χ2v) is 5.18. The molecule has 5 heteroatoms. The number of nitrogens with one attached hydrogen (secondary N) is 1. The van der Waals surface area contributed by atoms with E-state index in [2.05, 4.69) is 20.2 Å². The molecule has 5 nitrogen and oxygen atoms in total. The first kappa shape index (κ1) is 14.1. The van der Waals surface area contributed by atoms with Crippen molar-refractivity contribution in [1.82, 2.24) is 14.9 Å². The monoisotopic (exact) mass is 263 g/mol. The molecule has 0 aliphatic carbocycles. The Hall–Kier alpha value is -1.36. The van der Waals surface area contributed by atoms with Crippen LogP contribution in [-0.4, -0.2) is 41.0 Å². The number of nitrogens with two attached hydrogens (primary N) is 1. The van der Waals surface area contributed by atoms with Gasteiger partial charge in [-0.1, -0.05) is 6.92 Å². The summed E-state index contributed by atoms with van der Waals surface area (Å²) in [7, 11) is 0. The zero-order chi connectivity index (χ0) is 13.7. The average Bonchev–Trinajstić information content (AvgIpc) is 2.92. The van der Waals surface area contributed by atoms with Gasteiger partial charge in [0.2, 0.25) is 0 Å². The highest BCUT2D eigenvalue weighted by atomic mass is 15.1. The normalized spacial score (nSPS) is 15.9. The van der Waals surface area contributed by atoms with Crippen LogP contribution in [0.5, 0.6) is 0 Å². The number of aromatic nitrogens is 2. The smallest absolute Gasteiger partial charge is 0.134 e. The molecule has 1 aromatic heterocycles. The predicted molar refractivity (Wildman–Crippen MR) is 79.3 cm³/mol. The lowest BCUT2D eigenvalue weighted by atomic mass is 10.3. The van der Waals surface area contributed by atoms with Crippen LogP contribution in [0.25, 0.3) is 0 Å². The van der Waals surface area contributed by atoms with Crippen LogP contribution in [0.15, 0.2) is 0 Å². The lowest BCUT2D eigenvalue weighted by Gasteiger charge is -2.15. The summed E-state index contributed by atoms with van der Waals surface area (Å²) in [6.07, 6.45) is 4.67. The van der Waals surface area contributed by atoms with E-state index in [1.165, 1.54) is 32.5 Å². The minimum Gasteiger partial charge on any atom is -0.383 e. The fourth-order valence-corrected chi connectivity index (χ4v) is 2.43. The van der Waals surface area contributed by atoms with Crippen molar-refractivity contribution in [3.63, 3.8) is 0 Å². The van der Waals surface area contributed by atoms with Gasteiger partial charge >= 0.3 is 0 Å². The number of nitrogens with zero attached hydrogens (tertiary/aromatic N) is 3. The fraction of sp³-hybridized carbons (Fsp3) is 0.714. The molecular weight excluding hydrogens is 238 g/mol. The zero-order valence-electron chi connectivity index (χ0n) is 12.1. The number of anilines is 2. The van der Waals surface area contributed by atoms with Crippen LogP contribution in [0.1, 0.15) is 37.6 Å². The average molecular weight is 263 g/mol. The Balaban J connectivity index is 1.82. The molecule has 2 rings (SSSR count). The van der Waals surface area contributed by atoms with Crippen molar-refractivity contribution in [2.24, 2.45) is 0 Å². The third-order valence-corrected chi connectivity index (χ3v) is 3.69. The maximum absolute atomic E-state index is 5.90. The topological polar surface area (TPSA) is 67.1 Å². The van der Waals surface area contributed by atoms with E-state index >= 15 is 0 Å². The molecule has 0 saturated carbocycles. The quantitative estimate of drug-likeness (QED) is 0.766. The van der Waals surface area contributed by atoms with Gasteiger partial charge in [-0.2, -0.15) is 0 Å². The van der Waals surface area contributed by atoms with E-state index in [0.717, 1.165) is 36.6 Å². The second-order valence-electron chi connectivity index (χ2n) is 5.18. The number of aryl methyl sites for hydroxylation is 1. The summed E-state index contributed by atoms with van der Waals surface area (Å²) in [6, 6.07) is 0. The van der Waals surface area contributed by atoms with Gasteiger partial charge < -0.3 is 16.0 Å². The van der Waals surface area contributed by atoms with Crippen LogP contribution in [-0.2, 0) is 6.42 Å². The Kier molecular flexibility index (Phi) is 4.96. The second kappa shape index (κ2) is 6.70. The summed E-state index contributed by atoms with van der Waals surface area (Å²) in [5.41, 5.74) is 6.86. The molecule has 1 aliphatic rings. The first-order chi connectivity index (χ1) is 9.20. The van der Waals surface area contributed by atoms with Crippen molar-refractivity contribution in [2.45, 2.75) is 39.5 Å². The van der Waals surface area contributed by atoms with Crippen molar-refractivity contribution >= 4 is 11.6 Å². The third-order valence-electron chi connectivity index (χ3n) is 3.69. The molecule has 0 radical (unpaired) electrons. The highest BCUT2D eigenvalue weighted by Gasteiger charge is 2.11. The molecule has 3 N–H and O–H groups in total. The molecule has 0 bridgehead atoms. The fourth-order valence-electron chi connectivity index (χ4n) is 2.43. The molecule has 1 aromatic rings. The molecule has 0 unspecified atom stereocenters. The van der Waals surface area contributed by atoms with Crippen LogP contribution in [0.3, 0.4) is 0 Å². The molecule has 19 heavy (non-hydrogen) atoms. The minimum absolute atomic E-state index is 0.592. The molecule has 2 heterocycles. The van der Waals surface area contributed by atoms with Gasteiger partial charge in [-0.3, -0.25) is 0 Å². The van der Waals surface area contributed by atoms with Gasteiger partial charge in [0.05, 0.1) is 0 Å². The molecule has 1 fully saturated rings. The molecule has 1 saturated heterocycles. The van der Waals surface area contributed by atoms with Crippen LogP contribution >= 0.6 is 0 Å². The van der Waals surface area contributed by atoms with Crippen LogP contribution < -0.4 is 11.1 Å². The Bertz CT molecular complexity index is 413. The van der Waals surface area contributed by atoms with E-state index in [9.17, 15) is 0 Å². The Morgan fingerprint density at radius 2 is 2.00 bits per heavy atom. The van der Waals surface area contributed by atoms with Crippen molar-refractivity contribution in [2.75, 3.05) is 37.2 Å². The molecule has 106 valence electrons. The van der Waals surface area contributed by atoms with Crippen molar-refractivity contribution in [1.29, 1.82) is 0 Å². The summed E-state index contributed by atoms with van der Waals surface area (Å²) in [4.78, 5) is 11.3. The summed E-state index contributed by atoms with van der Waals surface area (Å²) in [6.45, 7) is 8.65. The van der Waals surface area contributed by atoms with Gasteiger partial charge in [0, 0.05) is 18.5 Å². The minimum atomic E-state index is 0.592. The van der Waals surface area contributed by atoms with Gasteiger partial charge in [0.15, 0.2) is 0 Å². The number of rotatable bonds is 6. The third kappa shape index (κ3) is 3.80. The highest BCUT2D eigenvalue weighted by Crippen LogP contribution is 2.17. The number of hydrogen-bond donors (Lipinski definition) is 2. The number of hydrogen-bond acceptors (Lipinski definition) is 5. The maximum atomic E-state index is 5.90. The van der Waals surface area contributed by atoms with Gasteiger partial charge in [0.25, 0.3) is 0 Å². The molecule has 0 aromatic carbocycles. The standard InChI is InChI=1S/C14H25N5/c1-3-12-17-13(15)11(2)14(18-12)16-7-6-10-19-8-4-5-9-19/h3-10H2,1-2H3,(H3,15,16,17,18). The summed E-state index contributed by atoms with van der Waals surface area (Å²) < 4.78 is 0. The van der Waals surface area contributed by atoms with E-state index < -0.39 is 0 Å². The van der Waals surface area contributed by atoms with Crippen molar-refractivity contribution in [3.8, 4) is 0 Å². The highest BCUT2D eigenvalue weighted by molar-refractivity contribution is 5.54. The van der Waals surface area contributed by atoms with E-state index in [4.69, 9.17) is 5.73 Å². The van der Waals surface area contributed by atoms with Gasteiger partial charge in [-0.15, -0.1) is 0 Å². The number of likely N-dealkylation sites (tertiary alicyclic amines) is 1. The lowest BCUT2D eigenvalue weighted by molar-refractivity contribution is 0.337. The molecular formula is C14H25N5. The molecule has 0 amide bonds. The summed E-state index contributed by atoms with van der Waals surface area (Å²) in [5.74, 6) is 2.30. The van der Waals surface area contributed by atoms with Crippen LogP contribution in [0.4, 0.5) is 11.6 Å². The molecule has 0 spiro atoms. The molecule has 1 aliphatic heterocycles. The Morgan fingerprint density at radius 1 is 1.26 bits per heavy atom. The van der Waals surface area contributed by atoms with Gasteiger partial charge in [-0.05, 0) is 45.8 Å². The largest absolute Gasteiger partial charge is 0.383 e. The van der Waals surface area contributed by atoms with Gasteiger partial charge in [0.1, 0.15) is 17.5 Å². The molecule has 0 atom stereocenters. The van der Waals surface area contributed by atoms with E-state index in [-0.39, 0.29) is 0 Å². The van der Waals surface area contributed by atoms with E-state index in [0.29, 0.717) is 5.82 Å². The van der Waals surface area contributed by atoms with E-state index in [1.54, 1.807) is 0 Å². The summed E-state index contributed by atoms with van der Waals surface area (Å²) >= 11 is 0. The zero-order valence-corrected chi connectivity index (χ0v) is 12.1. The SMILES string of the molecule is CCc1nc(N)c(C)c(NCCCN2CCCC2)n1. The number of nitrogen functional groups attached to an aromatic ring is 1. The Morgan fingerprint density at radius 3 is 2.68 bits per heavy atom. The first-order valence-corrected chi connectivity index (χ1v) is 7.30.